The third-order valence-electron chi connectivity index (χ3n) is 3.51. The van der Waals surface area contributed by atoms with Crippen molar-refractivity contribution in [1.82, 2.24) is 5.32 Å². The molecule has 2 aromatic rings. The van der Waals surface area contributed by atoms with Crippen molar-refractivity contribution in [2.45, 2.75) is 19.1 Å². The Bertz CT molecular complexity index is 736. The number of alkyl carbamates (subject to hydrolysis) is 1. The molecule has 0 spiro atoms. The topological polar surface area (TPSA) is 84.9 Å². The monoisotopic (exact) mass is 363 g/mol. The molecule has 0 saturated carbocycles. The summed E-state index contributed by atoms with van der Waals surface area (Å²) in [5.74, 6) is -0.739. The fourth-order valence-corrected chi connectivity index (χ4v) is 2.48. The Morgan fingerprint density at radius 3 is 2.52 bits per heavy atom. The van der Waals surface area contributed by atoms with Crippen LogP contribution >= 0.6 is 11.6 Å². The van der Waals surface area contributed by atoms with Crippen LogP contribution in [0.1, 0.15) is 11.1 Å². The summed E-state index contributed by atoms with van der Waals surface area (Å²) in [4.78, 5) is 23.4. The number of benzene rings is 2. The van der Waals surface area contributed by atoms with Crippen LogP contribution in [0.15, 0.2) is 48.5 Å². The van der Waals surface area contributed by atoms with Crippen LogP contribution in [-0.4, -0.2) is 30.3 Å². The Kier molecular flexibility index (Phi) is 6.65. The van der Waals surface area contributed by atoms with E-state index >= 15 is 0 Å². The van der Waals surface area contributed by atoms with Gasteiger partial charge in [0.1, 0.15) is 18.4 Å². The van der Waals surface area contributed by atoms with E-state index in [0.717, 1.165) is 5.56 Å². The van der Waals surface area contributed by atoms with Gasteiger partial charge in [-0.3, -0.25) is 0 Å². The molecule has 2 rings (SSSR count). The molecule has 1 unspecified atom stereocenters. The molecule has 0 heterocycles. The molecule has 132 valence electrons. The van der Waals surface area contributed by atoms with Gasteiger partial charge in [-0.05, 0) is 17.7 Å². The summed E-state index contributed by atoms with van der Waals surface area (Å²) in [6.07, 6.45) is -0.846. The van der Waals surface area contributed by atoms with E-state index in [-0.39, 0.29) is 13.0 Å². The standard InChI is InChI=1S/C18H18ClNO5/c1-24-16-9-5-8-14(19)13(16)10-15(17(21)22)20-18(23)25-11-12-6-3-2-4-7-12/h2-9,15H,10-11H2,1H3,(H,20,23)(H,21,22). The first-order chi connectivity index (χ1) is 12.0. The number of hydrogen-bond donors (Lipinski definition) is 2. The minimum Gasteiger partial charge on any atom is -0.496 e. The van der Waals surface area contributed by atoms with Gasteiger partial charge in [-0.1, -0.05) is 48.0 Å². The highest BCUT2D eigenvalue weighted by atomic mass is 35.5. The van der Waals surface area contributed by atoms with Crippen molar-refractivity contribution in [2.75, 3.05) is 7.11 Å². The van der Waals surface area contributed by atoms with Crippen LogP contribution in [0, 0.1) is 0 Å². The number of ether oxygens (including phenoxy) is 2. The van der Waals surface area contributed by atoms with E-state index in [1.807, 2.05) is 18.2 Å². The molecule has 1 amide bonds. The van der Waals surface area contributed by atoms with E-state index in [9.17, 15) is 14.7 Å². The number of carboxylic acid groups (broad SMARTS) is 1. The molecule has 0 aliphatic carbocycles. The highest BCUT2D eigenvalue weighted by Gasteiger charge is 2.24. The van der Waals surface area contributed by atoms with Crippen LogP contribution in [0.5, 0.6) is 5.75 Å². The van der Waals surface area contributed by atoms with Crippen LogP contribution in [0.25, 0.3) is 0 Å². The number of nitrogens with one attached hydrogen (secondary N) is 1. The number of amides is 1. The van der Waals surface area contributed by atoms with Gasteiger partial charge in [-0.15, -0.1) is 0 Å². The van der Waals surface area contributed by atoms with Crippen LogP contribution in [0.2, 0.25) is 5.02 Å². The van der Waals surface area contributed by atoms with Crippen LogP contribution in [-0.2, 0) is 22.6 Å². The normalized spacial score (nSPS) is 11.4. The van der Waals surface area contributed by atoms with E-state index in [0.29, 0.717) is 16.3 Å². The maximum absolute atomic E-state index is 11.9. The zero-order valence-corrected chi connectivity index (χ0v) is 14.3. The minimum atomic E-state index is -1.20. The molecule has 7 heteroatoms. The van der Waals surface area contributed by atoms with E-state index in [2.05, 4.69) is 5.32 Å². The average Bonchev–Trinajstić information content (AvgIpc) is 2.61. The summed E-state index contributed by atoms with van der Waals surface area (Å²) in [6, 6.07) is 12.9. The lowest BCUT2D eigenvalue weighted by Gasteiger charge is -2.17. The van der Waals surface area contributed by atoms with E-state index in [1.54, 1.807) is 30.3 Å². The molecule has 0 radical (unpaired) electrons. The first-order valence-corrected chi connectivity index (χ1v) is 7.90. The summed E-state index contributed by atoms with van der Waals surface area (Å²) in [7, 11) is 1.46. The minimum absolute atomic E-state index is 0.0291. The van der Waals surface area contributed by atoms with Crippen LogP contribution in [0.3, 0.4) is 0 Å². The second-order valence-electron chi connectivity index (χ2n) is 5.22. The van der Waals surface area contributed by atoms with Gasteiger partial charge in [-0.2, -0.15) is 0 Å². The second-order valence-corrected chi connectivity index (χ2v) is 5.63. The molecule has 0 bridgehead atoms. The van der Waals surface area contributed by atoms with Crippen LogP contribution in [0.4, 0.5) is 4.79 Å². The van der Waals surface area contributed by atoms with Crippen molar-refractivity contribution >= 4 is 23.7 Å². The summed E-state index contributed by atoms with van der Waals surface area (Å²) in [5.41, 5.74) is 1.31. The highest BCUT2D eigenvalue weighted by Crippen LogP contribution is 2.27. The highest BCUT2D eigenvalue weighted by molar-refractivity contribution is 6.31. The van der Waals surface area contributed by atoms with Crippen molar-refractivity contribution < 1.29 is 24.2 Å². The maximum Gasteiger partial charge on any atom is 0.408 e. The Morgan fingerprint density at radius 1 is 1.16 bits per heavy atom. The zero-order valence-electron chi connectivity index (χ0n) is 13.6. The molecule has 0 aromatic heterocycles. The first-order valence-electron chi connectivity index (χ1n) is 7.52. The Morgan fingerprint density at radius 2 is 1.88 bits per heavy atom. The Hall–Kier alpha value is -2.73. The number of hydrogen-bond acceptors (Lipinski definition) is 4. The van der Waals surface area contributed by atoms with Gasteiger partial charge in [0, 0.05) is 17.0 Å². The third kappa shape index (κ3) is 5.39. The fraction of sp³-hybridized carbons (Fsp3) is 0.222. The van der Waals surface area contributed by atoms with Gasteiger partial charge >= 0.3 is 12.1 Å². The van der Waals surface area contributed by atoms with Gasteiger partial charge in [0.05, 0.1) is 7.11 Å². The van der Waals surface area contributed by atoms with Crippen molar-refractivity contribution in [2.24, 2.45) is 0 Å². The number of carbonyl (C=O) groups excluding carboxylic acids is 1. The maximum atomic E-state index is 11.9. The molecule has 0 fully saturated rings. The number of methoxy groups -OCH3 is 1. The molecule has 6 nitrogen and oxygen atoms in total. The molecular formula is C18H18ClNO5. The molecule has 0 aliphatic heterocycles. The molecule has 25 heavy (non-hydrogen) atoms. The molecular weight excluding hydrogens is 346 g/mol. The van der Waals surface area contributed by atoms with Crippen molar-refractivity contribution in [3.63, 3.8) is 0 Å². The number of carbonyl (C=O) groups is 2. The predicted molar refractivity (Wildman–Crippen MR) is 92.9 cm³/mol. The summed E-state index contributed by atoms with van der Waals surface area (Å²) >= 11 is 6.12. The molecule has 1 atom stereocenters. The second kappa shape index (κ2) is 8.94. The number of halogens is 1. The molecule has 2 aromatic carbocycles. The summed E-state index contributed by atoms with van der Waals surface area (Å²) < 4.78 is 10.3. The molecule has 2 N–H and O–H groups in total. The molecule has 0 saturated heterocycles. The quantitative estimate of drug-likeness (QED) is 0.788. The van der Waals surface area contributed by atoms with Gasteiger partial charge in [-0.25, -0.2) is 9.59 Å². The van der Waals surface area contributed by atoms with Gasteiger partial charge in [0.15, 0.2) is 0 Å². The van der Waals surface area contributed by atoms with Crippen molar-refractivity contribution in [1.29, 1.82) is 0 Å². The van der Waals surface area contributed by atoms with Crippen molar-refractivity contribution in [3.8, 4) is 5.75 Å². The zero-order chi connectivity index (χ0) is 18.2. The summed E-state index contributed by atoms with van der Waals surface area (Å²) in [5, 5.41) is 12.1. The predicted octanol–water partition coefficient (Wildman–Crippen LogP) is 3.27. The lowest BCUT2D eigenvalue weighted by molar-refractivity contribution is -0.139. The van der Waals surface area contributed by atoms with E-state index in [1.165, 1.54) is 7.11 Å². The fourth-order valence-electron chi connectivity index (χ4n) is 2.24. The smallest absolute Gasteiger partial charge is 0.408 e. The third-order valence-corrected chi connectivity index (χ3v) is 3.86. The number of aliphatic carboxylic acids is 1. The number of rotatable bonds is 7. The van der Waals surface area contributed by atoms with E-state index in [4.69, 9.17) is 21.1 Å². The lowest BCUT2D eigenvalue weighted by atomic mass is 10.0. The summed E-state index contributed by atoms with van der Waals surface area (Å²) in [6.45, 7) is 0.0500. The molecule has 0 aliphatic rings. The Labute approximate surface area is 150 Å². The van der Waals surface area contributed by atoms with Gasteiger partial charge in [0.2, 0.25) is 0 Å². The van der Waals surface area contributed by atoms with E-state index < -0.39 is 18.1 Å². The van der Waals surface area contributed by atoms with Gasteiger partial charge < -0.3 is 19.9 Å². The average molecular weight is 364 g/mol. The lowest BCUT2D eigenvalue weighted by Crippen LogP contribution is -2.42. The van der Waals surface area contributed by atoms with Crippen LogP contribution < -0.4 is 10.1 Å². The van der Waals surface area contributed by atoms with Gasteiger partial charge in [0.25, 0.3) is 0 Å². The SMILES string of the molecule is COc1cccc(Cl)c1CC(NC(=O)OCc1ccccc1)C(=O)O. The number of carboxylic acids is 1. The van der Waals surface area contributed by atoms with Crippen molar-refractivity contribution in [3.05, 3.63) is 64.7 Å². The first kappa shape index (κ1) is 18.6. The largest absolute Gasteiger partial charge is 0.496 e. The Balaban J connectivity index is 2.01.